The number of hydrogen-bond acceptors (Lipinski definition) is 4. The van der Waals surface area contributed by atoms with Gasteiger partial charge in [-0.2, -0.15) is 5.26 Å². The molecular weight excluding hydrogens is 250 g/mol. The van der Waals surface area contributed by atoms with Crippen molar-refractivity contribution in [1.29, 1.82) is 5.26 Å². The predicted octanol–water partition coefficient (Wildman–Crippen LogP) is 2.90. The number of nitriles is 1. The fourth-order valence-corrected chi connectivity index (χ4v) is 2.24. The van der Waals surface area contributed by atoms with Crippen LogP contribution in [0.2, 0.25) is 0 Å². The first kappa shape index (κ1) is 16.2. The zero-order valence-electron chi connectivity index (χ0n) is 12.7. The normalized spacial score (nSPS) is 12.0. The maximum absolute atomic E-state index is 11.4. The summed E-state index contributed by atoms with van der Waals surface area (Å²) in [5, 5.41) is 12.4. The fourth-order valence-electron chi connectivity index (χ4n) is 2.24. The lowest BCUT2D eigenvalue weighted by atomic mass is 10.1. The summed E-state index contributed by atoms with van der Waals surface area (Å²) in [6.45, 7) is 10.7. The lowest BCUT2D eigenvalue weighted by Crippen LogP contribution is -2.37. The number of rotatable bonds is 7. The zero-order chi connectivity index (χ0) is 15.1. The van der Waals surface area contributed by atoms with E-state index >= 15 is 0 Å². The summed E-state index contributed by atoms with van der Waals surface area (Å²) in [6, 6.07) is 7.68. The van der Waals surface area contributed by atoms with Crippen molar-refractivity contribution in [2.45, 2.75) is 33.7 Å². The second kappa shape index (κ2) is 7.66. The SMILES string of the molecule is CCN(CC)C(C)CNc1cc(C(C)=O)ccc1C#N. The van der Waals surface area contributed by atoms with E-state index in [1.54, 1.807) is 18.2 Å². The Morgan fingerprint density at radius 1 is 1.40 bits per heavy atom. The maximum Gasteiger partial charge on any atom is 0.159 e. The van der Waals surface area contributed by atoms with Gasteiger partial charge in [-0.25, -0.2) is 0 Å². The highest BCUT2D eigenvalue weighted by Gasteiger charge is 2.11. The summed E-state index contributed by atoms with van der Waals surface area (Å²) in [6.07, 6.45) is 0. The Morgan fingerprint density at radius 3 is 2.55 bits per heavy atom. The molecule has 0 aliphatic carbocycles. The highest BCUT2D eigenvalue weighted by molar-refractivity contribution is 5.95. The maximum atomic E-state index is 11.4. The molecule has 4 heteroatoms. The zero-order valence-corrected chi connectivity index (χ0v) is 12.7. The minimum Gasteiger partial charge on any atom is -0.382 e. The topological polar surface area (TPSA) is 56.1 Å². The summed E-state index contributed by atoms with van der Waals surface area (Å²) < 4.78 is 0. The van der Waals surface area contributed by atoms with Crippen LogP contribution in [0.15, 0.2) is 18.2 Å². The van der Waals surface area contributed by atoms with Crippen LogP contribution in [0, 0.1) is 11.3 Å². The van der Waals surface area contributed by atoms with E-state index in [-0.39, 0.29) is 5.78 Å². The summed E-state index contributed by atoms with van der Waals surface area (Å²) in [5.74, 6) is 0.00864. The molecule has 1 aromatic rings. The fraction of sp³-hybridized carbons (Fsp3) is 0.500. The Bertz CT molecular complexity index is 501. The molecule has 20 heavy (non-hydrogen) atoms. The Balaban J connectivity index is 2.83. The number of carbonyl (C=O) groups excluding carboxylic acids is 1. The summed E-state index contributed by atoms with van der Waals surface area (Å²) >= 11 is 0. The second-order valence-electron chi connectivity index (χ2n) is 4.88. The van der Waals surface area contributed by atoms with Gasteiger partial charge in [-0.15, -0.1) is 0 Å². The summed E-state index contributed by atoms with van der Waals surface area (Å²) in [7, 11) is 0. The van der Waals surface area contributed by atoms with Crippen LogP contribution in [-0.4, -0.2) is 36.4 Å². The molecule has 1 aromatic carbocycles. The Morgan fingerprint density at radius 2 is 2.05 bits per heavy atom. The molecule has 0 fully saturated rings. The Kier molecular flexibility index (Phi) is 6.20. The van der Waals surface area contributed by atoms with E-state index in [9.17, 15) is 4.79 Å². The average molecular weight is 273 g/mol. The molecule has 1 atom stereocenters. The van der Waals surface area contributed by atoms with Crippen molar-refractivity contribution >= 4 is 11.5 Å². The van der Waals surface area contributed by atoms with Gasteiger partial charge < -0.3 is 5.32 Å². The van der Waals surface area contributed by atoms with Crippen molar-refractivity contribution in [1.82, 2.24) is 4.90 Å². The second-order valence-corrected chi connectivity index (χ2v) is 4.88. The van der Waals surface area contributed by atoms with Crippen LogP contribution >= 0.6 is 0 Å². The number of anilines is 1. The minimum absolute atomic E-state index is 0.00864. The third-order valence-corrected chi connectivity index (χ3v) is 3.57. The first-order chi connectivity index (χ1) is 9.53. The van der Waals surface area contributed by atoms with Gasteiger partial charge in [0.05, 0.1) is 11.3 Å². The molecule has 0 spiro atoms. The highest BCUT2D eigenvalue weighted by Crippen LogP contribution is 2.18. The number of likely N-dealkylation sites (N-methyl/N-ethyl adjacent to an activating group) is 1. The molecule has 0 aliphatic rings. The smallest absolute Gasteiger partial charge is 0.159 e. The molecule has 1 N–H and O–H groups in total. The van der Waals surface area contributed by atoms with E-state index in [0.29, 0.717) is 17.2 Å². The molecule has 0 saturated heterocycles. The van der Waals surface area contributed by atoms with Crippen molar-refractivity contribution in [3.05, 3.63) is 29.3 Å². The van der Waals surface area contributed by atoms with Gasteiger partial charge in [0.1, 0.15) is 6.07 Å². The van der Waals surface area contributed by atoms with Crippen LogP contribution in [-0.2, 0) is 0 Å². The van der Waals surface area contributed by atoms with Crippen LogP contribution in [0.5, 0.6) is 0 Å². The monoisotopic (exact) mass is 273 g/mol. The van der Waals surface area contributed by atoms with Crippen molar-refractivity contribution in [2.24, 2.45) is 0 Å². The quantitative estimate of drug-likeness (QED) is 0.776. The predicted molar refractivity (Wildman–Crippen MR) is 82.0 cm³/mol. The van der Waals surface area contributed by atoms with E-state index in [0.717, 1.165) is 25.3 Å². The molecule has 0 amide bonds. The van der Waals surface area contributed by atoms with Crippen LogP contribution in [0.25, 0.3) is 0 Å². The molecule has 0 heterocycles. The first-order valence-electron chi connectivity index (χ1n) is 7.06. The van der Waals surface area contributed by atoms with E-state index in [2.05, 4.69) is 37.1 Å². The molecule has 0 aliphatic heterocycles. The number of hydrogen-bond donors (Lipinski definition) is 1. The average Bonchev–Trinajstić information content (AvgIpc) is 2.45. The van der Waals surface area contributed by atoms with Crippen molar-refractivity contribution < 1.29 is 4.79 Å². The highest BCUT2D eigenvalue weighted by atomic mass is 16.1. The standard InChI is InChI=1S/C16H23N3O/c1-5-19(6-2)12(3)11-18-16-9-14(13(4)20)7-8-15(16)10-17/h7-9,12,18H,5-6,11H2,1-4H3. The molecule has 108 valence electrons. The first-order valence-corrected chi connectivity index (χ1v) is 7.06. The molecule has 0 aromatic heterocycles. The van der Waals surface area contributed by atoms with Crippen LogP contribution in [0.1, 0.15) is 43.6 Å². The summed E-state index contributed by atoms with van der Waals surface area (Å²) in [4.78, 5) is 13.8. The van der Waals surface area contributed by atoms with Gasteiger partial charge >= 0.3 is 0 Å². The van der Waals surface area contributed by atoms with Crippen LogP contribution < -0.4 is 5.32 Å². The molecule has 1 unspecified atom stereocenters. The third-order valence-electron chi connectivity index (χ3n) is 3.57. The van der Waals surface area contributed by atoms with Gasteiger partial charge in [0.25, 0.3) is 0 Å². The van der Waals surface area contributed by atoms with Gasteiger partial charge in [-0.1, -0.05) is 13.8 Å². The number of nitrogens with zero attached hydrogens (tertiary/aromatic N) is 2. The lowest BCUT2D eigenvalue weighted by molar-refractivity contribution is 0.101. The van der Waals surface area contributed by atoms with Crippen molar-refractivity contribution in [3.63, 3.8) is 0 Å². The van der Waals surface area contributed by atoms with Crippen molar-refractivity contribution in [2.75, 3.05) is 25.0 Å². The molecule has 4 nitrogen and oxygen atoms in total. The van der Waals surface area contributed by atoms with Gasteiger partial charge in [0, 0.05) is 18.2 Å². The van der Waals surface area contributed by atoms with Crippen molar-refractivity contribution in [3.8, 4) is 6.07 Å². The van der Waals surface area contributed by atoms with Gasteiger partial charge in [0.15, 0.2) is 5.78 Å². The van der Waals surface area contributed by atoms with Gasteiger partial charge in [-0.3, -0.25) is 9.69 Å². The minimum atomic E-state index is 0.00864. The summed E-state index contributed by atoms with van der Waals surface area (Å²) in [5.41, 5.74) is 1.93. The number of carbonyl (C=O) groups is 1. The lowest BCUT2D eigenvalue weighted by Gasteiger charge is -2.27. The molecular formula is C16H23N3O. The molecule has 0 saturated carbocycles. The number of ketones is 1. The van der Waals surface area contributed by atoms with Crippen LogP contribution in [0.3, 0.4) is 0 Å². The van der Waals surface area contributed by atoms with E-state index in [1.165, 1.54) is 6.92 Å². The van der Waals surface area contributed by atoms with Crippen LogP contribution in [0.4, 0.5) is 5.69 Å². The molecule has 0 bridgehead atoms. The Labute approximate surface area is 121 Å². The third kappa shape index (κ3) is 4.07. The number of Topliss-reactive ketones (excluding diaryl/α,β-unsaturated/α-hetero) is 1. The van der Waals surface area contributed by atoms with Gasteiger partial charge in [0.2, 0.25) is 0 Å². The largest absolute Gasteiger partial charge is 0.382 e. The molecule has 1 rings (SSSR count). The van der Waals surface area contributed by atoms with E-state index < -0.39 is 0 Å². The van der Waals surface area contributed by atoms with E-state index in [4.69, 9.17) is 5.26 Å². The van der Waals surface area contributed by atoms with Gasteiger partial charge in [-0.05, 0) is 45.1 Å². The molecule has 0 radical (unpaired) electrons. The Hall–Kier alpha value is -1.86. The van der Waals surface area contributed by atoms with E-state index in [1.807, 2.05) is 0 Å². The number of nitrogens with one attached hydrogen (secondary N) is 1. The number of benzene rings is 1.